The molecule has 0 amide bonds. The molecular weight excluding hydrogens is 554 g/mol. The van der Waals surface area contributed by atoms with Gasteiger partial charge in [0.1, 0.15) is 5.75 Å². The number of aromatic nitrogens is 1. The summed E-state index contributed by atoms with van der Waals surface area (Å²) in [5, 5.41) is 53.5. The minimum absolute atomic E-state index is 0.0492. The Kier molecular flexibility index (Phi) is 13.2. The molecule has 2 aromatic rings. The van der Waals surface area contributed by atoms with Crippen molar-refractivity contribution in [3.05, 3.63) is 42.1 Å². The summed E-state index contributed by atoms with van der Waals surface area (Å²) in [7, 11) is 0. The number of carboxylic acids is 1. The number of hydrogen-bond acceptors (Lipinski definition) is 5. The molecule has 7 nitrogen and oxygen atoms in total. The van der Waals surface area contributed by atoms with E-state index < -0.39 is 23.6 Å². The van der Waals surface area contributed by atoms with Gasteiger partial charge in [0.25, 0.3) is 0 Å². The summed E-state index contributed by atoms with van der Waals surface area (Å²) in [6.07, 6.45) is 15.1. The topological polar surface area (TPSA) is 134 Å². The van der Waals surface area contributed by atoms with Crippen molar-refractivity contribution in [2.75, 3.05) is 0 Å². The highest BCUT2D eigenvalue weighted by Gasteiger charge is 2.53. The van der Waals surface area contributed by atoms with E-state index in [4.69, 9.17) is 0 Å². The monoisotopic (exact) mass is 611 g/mol. The number of aliphatic hydroxyl groups excluding tert-OH is 2. The number of carbonyl (C=O) groups is 1. The van der Waals surface area contributed by atoms with Crippen molar-refractivity contribution in [2.24, 2.45) is 23.7 Å². The minimum Gasteiger partial charge on any atom is -0.508 e. The van der Waals surface area contributed by atoms with Crippen LogP contribution in [0, 0.1) is 23.7 Å². The number of hydrogen-bond donors (Lipinski definition) is 6. The van der Waals surface area contributed by atoms with Gasteiger partial charge in [-0.1, -0.05) is 76.8 Å². The Bertz CT molecular complexity index is 1150. The number of carboxylic acid groups (broad SMARTS) is 1. The van der Waals surface area contributed by atoms with Gasteiger partial charge in [-0.2, -0.15) is 0 Å². The van der Waals surface area contributed by atoms with E-state index in [0.717, 1.165) is 87.6 Å². The van der Waals surface area contributed by atoms with Gasteiger partial charge in [-0.3, -0.25) is 4.79 Å². The summed E-state index contributed by atoms with van der Waals surface area (Å²) in [5.74, 6) is -1.53. The maximum atomic E-state index is 12.2. The van der Waals surface area contributed by atoms with Crippen molar-refractivity contribution in [3.8, 4) is 17.0 Å². The third-order valence-corrected chi connectivity index (χ3v) is 10.8. The van der Waals surface area contributed by atoms with Gasteiger partial charge in [0.2, 0.25) is 0 Å². The molecule has 6 N–H and O–H groups in total. The number of benzene rings is 1. The Balaban J connectivity index is 1.24. The summed E-state index contributed by atoms with van der Waals surface area (Å²) in [4.78, 5) is 15.7. The fourth-order valence-corrected chi connectivity index (χ4v) is 8.13. The number of unbranched alkanes of at least 4 members (excludes halogenated alkanes) is 7. The lowest BCUT2D eigenvalue weighted by atomic mass is 9.66. The van der Waals surface area contributed by atoms with Crippen LogP contribution < -0.4 is 0 Å². The van der Waals surface area contributed by atoms with E-state index >= 15 is 0 Å². The lowest BCUT2D eigenvalue weighted by Gasteiger charge is -2.44. The first-order chi connectivity index (χ1) is 21.2. The lowest BCUT2D eigenvalue weighted by molar-refractivity contribution is -0.152. The molecule has 0 spiro atoms. The zero-order valence-corrected chi connectivity index (χ0v) is 26.8. The Labute approximate surface area is 264 Å². The van der Waals surface area contributed by atoms with Gasteiger partial charge in [-0.15, -0.1) is 0 Å². The number of H-pyrrole nitrogens is 1. The Morgan fingerprint density at radius 1 is 0.909 bits per heavy atom. The van der Waals surface area contributed by atoms with Crippen LogP contribution in [0.1, 0.15) is 122 Å². The van der Waals surface area contributed by atoms with Crippen LogP contribution in [-0.2, 0) is 11.2 Å². The number of fused-ring (bicyclic) bond motifs is 1. The van der Waals surface area contributed by atoms with E-state index in [9.17, 15) is 30.3 Å². The van der Waals surface area contributed by atoms with Gasteiger partial charge < -0.3 is 30.5 Å². The van der Waals surface area contributed by atoms with Crippen LogP contribution in [0.25, 0.3) is 11.3 Å². The molecule has 0 bridgehead atoms. The third kappa shape index (κ3) is 9.34. The quantitative estimate of drug-likeness (QED) is 0.0906. The molecular formula is C37H57NO6. The number of rotatable bonds is 19. The predicted octanol–water partition coefficient (Wildman–Crippen LogP) is 7.61. The molecule has 1 heterocycles. The largest absolute Gasteiger partial charge is 0.508 e. The number of aromatic hydroxyl groups is 1. The number of phenols is 1. The number of aromatic amines is 1. The average molecular weight is 612 g/mol. The Morgan fingerprint density at radius 3 is 2.27 bits per heavy atom. The van der Waals surface area contributed by atoms with Crippen LogP contribution in [0.5, 0.6) is 5.75 Å². The molecule has 4 rings (SSSR count). The zero-order chi connectivity index (χ0) is 31.5. The molecule has 0 radical (unpaired) electrons. The zero-order valence-electron chi connectivity index (χ0n) is 26.8. The second-order valence-electron chi connectivity index (χ2n) is 13.9. The van der Waals surface area contributed by atoms with Crippen molar-refractivity contribution >= 4 is 5.97 Å². The molecule has 7 atom stereocenters. The van der Waals surface area contributed by atoms with Gasteiger partial charge in [-0.25, -0.2) is 0 Å². The maximum Gasteiger partial charge on any atom is 0.309 e. The van der Waals surface area contributed by atoms with Gasteiger partial charge in [0.15, 0.2) is 0 Å². The standard InChI is InChI=1S/C37H57NO6/c1-2-3-4-5-8-13-31(39)14-9-6-7-10-16-33(36(42)43)35(41)27-17-18-28-19-20-29(37(28,44)25-27)24-30-21-22-34(38-30)26-12-11-15-32(40)23-26/h11-12,15,21-23,27-29,31,33,35,38-41,44H,2-10,13-14,16-20,24-25H2,1H3,(H,42,43). The van der Waals surface area contributed by atoms with Crippen LogP contribution in [0.3, 0.4) is 0 Å². The summed E-state index contributed by atoms with van der Waals surface area (Å²) < 4.78 is 0. The van der Waals surface area contributed by atoms with Crippen LogP contribution in [0.2, 0.25) is 0 Å². The molecule has 7 unspecified atom stereocenters. The van der Waals surface area contributed by atoms with Crippen LogP contribution in [0.15, 0.2) is 36.4 Å². The third-order valence-electron chi connectivity index (χ3n) is 10.8. The van der Waals surface area contributed by atoms with E-state index in [-0.39, 0.29) is 29.6 Å². The highest BCUT2D eigenvalue weighted by molar-refractivity contribution is 5.70. The minimum atomic E-state index is -0.962. The molecule has 2 aliphatic rings. The molecule has 0 saturated heterocycles. The van der Waals surface area contributed by atoms with Gasteiger partial charge >= 0.3 is 5.97 Å². The fraction of sp³-hybridized carbons (Fsp3) is 0.703. The summed E-state index contributed by atoms with van der Waals surface area (Å²) in [6, 6.07) is 11.2. The fourth-order valence-electron chi connectivity index (χ4n) is 8.13. The molecule has 7 heteroatoms. The number of aliphatic hydroxyl groups is 3. The second kappa shape index (κ2) is 16.8. The van der Waals surface area contributed by atoms with E-state index in [1.807, 2.05) is 24.3 Å². The molecule has 2 aliphatic carbocycles. The molecule has 1 aromatic carbocycles. The van der Waals surface area contributed by atoms with E-state index in [1.54, 1.807) is 12.1 Å². The summed E-state index contributed by atoms with van der Waals surface area (Å²) in [6.45, 7) is 2.20. The van der Waals surface area contributed by atoms with Gasteiger partial charge in [0.05, 0.1) is 23.7 Å². The number of nitrogens with one attached hydrogen (secondary N) is 1. The Hall–Kier alpha value is -2.35. The van der Waals surface area contributed by atoms with Crippen molar-refractivity contribution in [1.29, 1.82) is 0 Å². The van der Waals surface area contributed by atoms with Crippen LogP contribution >= 0.6 is 0 Å². The van der Waals surface area contributed by atoms with Gasteiger partial charge in [-0.05, 0) is 99.8 Å². The van der Waals surface area contributed by atoms with Crippen molar-refractivity contribution in [2.45, 2.75) is 140 Å². The second-order valence-corrected chi connectivity index (χ2v) is 13.9. The van der Waals surface area contributed by atoms with Crippen LogP contribution in [0.4, 0.5) is 0 Å². The predicted molar refractivity (Wildman–Crippen MR) is 174 cm³/mol. The molecule has 2 saturated carbocycles. The highest BCUT2D eigenvalue weighted by Crippen LogP contribution is 2.53. The molecule has 44 heavy (non-hydrogen) atoms. The first-order valence-electron chi connectivity index (χ1n) is 17.5. The molecule has 246 valence electrons. The SMILES string of the molecule is CCCCCCCC(O)CCCCCCC(C(=O)O)C(O)C1CCC2CCC(Cc3ccc(-c4cccc(O)c4)[nH]3)C2(O)C1. The van der Waals surface area contributed by atoms with Crippen molar-refractivity contribution < 1.29 is 30.3 Å². The van der Waals surface area contributed by atoms with Crippen molar-refractivity contribution in [3.63, 3.8) is 0 Å². The maximum absolute atomic E-state index is 12.2. The summed E-state index contributed by atoms with van der Waals surface area (Å²) >= 11 is 0. The molecule has 0 aliphatic heterocycles. The highest BCUT2D eigenvalue weighted by atomic mass is 16.4. The Morgan fingerprint density at radius 2 is 1.59 bits per heavy atom. The first kappa shape index (κ1) is 34.5. The molecule has 1 aromatic heterocycles. The van der Waals surface area contributed by atoms with E-state index in [0.29, 0.717) is 19.3 Å². The lowest BCUT2D eigenvalue weighted by Crippen LogP contribution is -2.49. The smallest absolute Gasteiger partial charge is 0.309 e. The summed E-state index contributed by atoms with van der Waals surface area (Å²) in [5.41, 5.74) is 1.96. The first-order valence-corrected chi connectivity index (χ1v) is 17.5. The number of aliphatic carboxylic acids is 1. The number of phenolic OH excluding ortho intramolecular Hbond substituents is 1. The van der Waals surface area contributed by atoms with Gasteiger partial charge in [0, 0.05) is 17.0 Å². The molecule has 2 fully saturated rings. The normalized spacial score (nSPS) is 25.4. The van der Waals surface area contributed by atoms with E-state index in [1.165, 1.54) is 25.7 Å². The average Bonchev–Trinajstić information content (AvgIpc) is 3.60. The van der Waals surface area contributed by atoms with E-state index in [2.05, 4.69) is 11.9 Å². The van der Waals surface area contributed by atoms with Crippen molar-refractivity contribution in [1.82, 2.24) is 4.98 Å². The van der Waals surface area contributed by atoms with Crippen LogP contribution in [-0.4, -0.2) is 54.3 Å².